The zero-order valence-corrected chi connectivity index (χ0v) is 9.66. The zero-order chi connectivity index (χ0) is 11.5. The van der Waals surface area contributed by atoms with Gasteiger partial charge >= 0.3 is 0 Å². The first-order chi connectivity index (χ1) is 7.70. The Bertz CT molecular complexity index is 377. The fourth-order valence-corrected chi connectivity index (χ4v) is 1.81. The van der Waals surface area contributed by atoms with Crippen LogP contribution in [0, 0.1) is 0 Å². The van der Waals surface area contributed by atoms with E-state index >= 15 is 0 Å². The van der Waals surface area contributed by atoms with Gasteiger partial charge in [-0.2, -0.15) is 0 Å². The van der Waals surface area contributed by atoms with Gasteiger partial charge in [-0.05, 0) is 19.4 Å². The Kier molecular flexibility index (Phi) is 3.19. The van der Waals surface area contributed by atoms with Crippen LogP contribution in [0.5, 0.6) is 17.2 Å². The molecule has 4 heteroatoms. The van der Waals surface area contributed by atoms with E-state index in [1.165, 1.54) is 0 Å². The molecule has 0 saturated heterocycles. The minimum atomic E-state index is 0.0849. The van der Waals surface area contributed by atoms with Crippen molar-refractivity contribution in [3.05, 3.63) is 17.7 Å². The number of hydrogen-bond donors (Lipinski definition) is 1. The van der Waals surface area contributed by atoms with Crippen molar-refractivity contribution in [1.29, 1.82) is 0 Å². The van der Waals surface area contributed by atoms with Gasteiger partial charge in [0.25, 0.3) is 0 Å². The van der Waals surface area contributed by atoms with Crippen molar-refractivity contribution in [3.63, 3.8) is 0 Å². The number of hydrogen-bond acceptors (Lipinski definition) is 4. The van der Waals surface area contributed by atoms with Crippen LogP contribution in [-0.2, 0) is 6.42 Å². The highest BCUT2D eigenvalue weighted by Crippen LogP contribution is 2.38. The Morgan fingerprint density at radius 2 is 2.12 bits per heavy atom. The van der Waals surface area contributed by atoms with Gasteiger partial charge < -0.3 is 19.9 Å². The molecule has 2 rings (SSSR count). The summed E-state index contributed by atoms with van der Waals surface area (Å²) < 4.78 is 16.4. The molecule has 0 bridgehead atoms. The molecule has 4 nitrogen and oxygen atoms in total. The van der Waals surface area contributed by atoms with E-state index in [1.54, 1.807) is 7.11 Å². The van der Waals surface area contributed by atoms with Crippen molar-refractivity contribution >= 4 is 0 Å². The predicted molar refractivity (Wildman–Crippen MR) is 61.3 cm³/mol. The second kappa shape index (κ2) is 4.61. The van der Waals surface area contributed by atoms with Crippen molar-refractivity contribution in [2.75, 3.05) is 20.3 Å². The maximum Gasteiger partial charge on any atom is 0.165 e. The summed E-state index contributed by atoms with van der Waals surface area (Å²) in [6, 6.07) is 3.89. The van der Waals surface area contributed by atoms with Gasteiger partial charge in [-0.15, -0.1) is 0 Å². The minimum absolute atomic E-state index is 0.0849. The molecule has 16 heavy (non-hydrogen) atoms. The number of rotatable bonds is 3. The molecular formula is C12H17NO3. The van der Waals surface area contributed by atoms with E-state index in [4.69, 9.17) is 19.9 Å². The summed E-state index contributed by atoms with van der Waals surface area (Å²) in [5.41, 5.74) is 6.86. The summed E-state index contributed by atoms with van der Waals surface area (Å²) in [7, 11) is 1.64. The number of methoxy groups -OCH3 is 1. The first-order valence-corrected chi connectivity index (χ1v) is 5.43. The van der Waals surface area contributed by atoms with E-state index in [9.17, 15) is 0 Å². The highest BCUT2D eigenvalue weighted by atomic mass is 16.6. The molecule has 0 fully saturated rings. The average Bonchev–Trinajstić information content (AvgIpc) is 2.28. The first-order valence-electron chi connectivity index (χ1n) is 5.43. The van der Waals surface area contributed by atoms with Gasteiger partial charge in [-0.25, -0.2) is 0 Å². The third-order valence-corrected chi connectivity index (χ3v) is 2.47. The smallest absolute Gasteiger partial charge is 0.165 e. The Hall–Kier alpha value is -1.42. The van der Waals surface area contributed by atoms with Crippen LogP contribution in [0.3, 0.4) is 0 Å². The molecule has 0 aromatic heterocycles. The molecule has 1 heterocycles. The molecule has 0 spiro atoms. The van der Waals surface area contributed by atoms with Gasteiger partial charge in [-0.1, -0.05) is 0 Å². The van der Waals surface area contributed by atoms with Gasteiger partial charge in [0.15, 0.2) is 11.5 Å². The van der Waals surface area contributed by atoms with Crippen molar-refractivity contribution in [1.82, 2.24) is 0 Å². The van der Waals surface area contributed by atoms with Gasteiger partial charge in [0.05, 0.1) is 7.11 Å². The SMILES string of the molecule is COc1cc(CC(C)N)c2c(c1)OCCO2. The van der Waals surface area contributed by atoms with Crippen molar-refractivity contribution in [3.8, 4) is 17.2 Å². The van der Waals surface area contributed by atoms with Crippen LogP contribution in [0.4, 0.5) is 0 Å². The van der Waals surface area contributed by atoms with Crippen LogP contribution in [0.15, 0.2) is 12.1 Å². The Morgan fingerprint density at radius 3 is 2.81 bits per heavy atom. The van der Waals surface area contributed by atoms with Crippen LogP contribution in [0.2, 0.25) is 0 Å². The summed E-state index contributed by atoms with van der Waals surface area (Å²) in [4.78, 5) is 0. The highest BCUT2D eigenvalue weighted by Gasteiger charge is 2.18. The molecule has 1 atom stereocenters. The lowest BCUT2D eigenvalue weighted by Crippen LogP contribution is -2.21. The number of fused-ring (bicyclic) bond motifs is 1. The van der Waals surface area contributed by atoms with E-state index in [-0.39, 0.29) is 6.04 Å². The standard InChI is InChI=1S/C12H17NO3/c1-8(13)5-9-6-10(14-2)7-11-12(9)16-4-3-15-11/h6-8H,3-5,13H2,1-2H3. The lowest BCUT2D eigenvalue weighted by atomic mass is 10.1. The quantitative estimate of drug-likeness (QED) is 0.840. The molecule has 0 aliphatic carbocycles. The number of nitrogens with two attached hydrogens (primary N) is 1. The molecule has 0 saturated carbocycles. The first kappa shape index (κ1) is 11.1. The fourth-order valence-electron chi connectivity index (χ4n) is 1.81. The zero-order valence-electron chi connectivity index (χ0n) is 9.66. The van der Waals surface area contributed by atoms with Crippen LogP contribution >= 0.6 is 0 Å². The van der Waals surface area contributed by atoms with Crippen LogP contribution in [0.1, 0.15) is 12.5 Å². The maximum absolute atomic E-state index is 5.81. The number of benzene rings is 1. The van der Waals surface area contributed by atoms with Gasteiger partial charge in [-0.3, -0.25) is 0 Å². The largest absolute Gasteiger partial charge is 0.497 e. The summed E-state index contributed by atoms with van der Waals surface area (Å²) >= 11 is 0. The lowest BCUT2D eigenvalue weighted by Gasteiger charge is -2.22. The summed E-state index contributed by atoms with van der Waals surface area (Å²) in [6.45, 7) is 3.14. The van der Waals surface area contributed by atoms with E-state index in [2.05, 4.69) is 0 Å². The van der Waals surface area contributed by atoms with E-state index in [0.29, 0.717) is 13.2 Å². The normalized spacial score (nSPS) is 15.7. The molecule has 0 radical (unpaired) electrons. The monoisotopic (exact) mass is 223 g/mol. The van der Waals surface area contributed by atoms with Gasteiger partial charge in [0, 0.05) is 17.7 Å². The molecular weight excluding hydrogens is 206 g/mol. The van der Waals surface area contributed by atoms with Crippen molar-refractivity contribution < 1.29 is 14.2 Å². The Morgan fingerprint density at radius 1 is 1.38 bits per heavy atom. The number of ether oxygens (including phenoxy) is 3. The van der Waals surface area contributed by atoms with E-state index < -0.39 is 0 Å². The van der Waals surface area contributed by atoms with Crippen LogP contribution in [-0.4, -0.2) is 26.4 Å². The van der Waals surface area contributed by atoms with Gasteiger partial charge in [0.2, 0.25) is 0 Å². The fraction of sp³-hybridized carbons (Fsp3) is 0.500. The predicted octanol–water partition coefficient (Wildman–Crippen LogP) is 1.36. The third-order valence-electron chi connectivity index (χ3n) is 2.47. The Balaban J connectivity index is 2.39. The van der Waals surface area contributed by atoms with Crippen LogP contribution in [0.25, 0.3) is 0 Å². The molecule has 1 unspecified atom stereocenters. The molecule has 0 amide bonds. The van der Waals surface area contributed by atoms with Gasteiger partial charge in [0.1, 0.15) is 19.0 Å². The minimum Gasteiger partial charge on any atom is -0.497 e. The third kappa shape index (κ3) is 2.22. The average molecular weight is 223 g/mol. The second-order valence-electron chi connectivity index (χ2n) is 3.99. The summed E-state index contributed by atoms with van der Waals surface area (Å²) in [5.74, 6) is 2.34. The molecule has 1 aliphatic rings. The molecule has 88 valence electrons. The van der Waals surface area contributed by atoms with Crippen LogP contribution < -0.4 is 19.9 Å². The lowest BCUT2D eigenvalue weighted by molar-refractivity contribution is 0.169. The molecule has 1 aliphatic heterocycles. The topological polar surface area (TPSA) is 53.7 Å². The highest BCUT2D eigenvalue weighted by molar-refractivity contribution is 5.52. The maximum atomic E-state index is 5.81. The molecule has 2 N–H and O–H groups in total. The molecule has 1 aromatic carbocycles. The second-order valence-corrected chi connectivity index (χ2v) is 3.99. The summed E-state index contributed by atoms with van der Waals surface area (Å²) in [5, 5.41) is 0. The van der Waals surface area contributed by atoms with E-state index in [1.807, 2.05) is 19.1 Å². The molecule has 1 aromatic rings. The van der Waals surface area contributed by atoms with Crippen molar-refractivity contribution in [2.24, 2.45) is 5.73 Å². The van der Waals surface area contributed by atoms with E-state index in [0.717, 1.165) is 29.2 Å². The Labute approximate surface area is 95.3 Å². The van der Waals surface area contributed by atoms with Crippen molar-refractivity contribution in [2.45, 2.75) is 19.4 Å². The summed E-state index contributed by atoms with van der Waals surface area (Å²) in [6.07, 6.45) is 0.753.